The maximum Gasteiger partial charge on any atom is 0.258 e. The van der Waals surface area contributed by atoms with Gasteiger partial charge < -0.3 is 4.90 Å². The predicted molar refractivity (Wildman–Crippen MR) is 95.5 cm³/mol. The van der Waals surface area contributed by atoms with Crippen LogP contribution in [0.25, 0.3) is 0 Å². The summed E-state index contributed by atoms with van der Waals surface area (Å²) in [7, 11) is 1.69. The van der Waals surface area contributed by atoms with Crippen LogP contribution in [0.4, 0.5) is 0 Å². The number of fused-ring (bicyclic) bond motifs is 1. The average molecular weight is 365 g/mol. The standard InChI is InChI=1S/C18H19N7O2/c1-12-20-15-10-24(9-14(15)17(26)23(12)2)18(27)16(25-11-19-21-22-25)8-13-6-4-3-5-7-13/h3-7,11,16H,8-10H2,1-2H3/t16-/m0/s1. The van der Waals surface area contributed by atoms with E-state index in [0.29, 0.717) is 30.0 Å². The smallest absolute Gasteiger partial charge is 0.258 e. The van der Waals surface area contributed by atoms with Crippen LogP contribution in [0.15, 0.2) is 41.5 Å². The number of amides is 1. The van der Waals surface area contributed by atoms with E-state index in [1.54, 1.807) is 18.9 Å². The molecule has 0 fully saturated rings. The second-order valence-electron chi connectivity index (χ2n) is 6.64. The number of rotatable bonds is 4. The van der Waals surface area contributed by atoms with Crippen molar-refractivity contribution in [2.45, 2.75) is 32.5 Å². The van der Waals surface area contributed by atoms with Crippen LogP contribution in [0.5, 0.6) is 0 Å². The maximum absolute atomic E-state index is 13.3. The van der Waals surface area contributed by atoms with Crippen molar-refractivity contribution in [3.8, 4) is 0 Å². The molecule has 0 N–H and O–H groups in total. The maximum atomic E-state index is 13.3. The first-order chi connectivity index (χ1) is 13.0. The predicted octanol–water partition coefficient (Wildman–Crippen LogP) is 0.401. The highest BCUT2D eigenvalue weighted by Gasteiger charge is 2.33. The van der Waals surface area contributed by atoms with Gasteiger partial charge in [0.15, 0.2) is 0 Å². The topological polar surface area (TPSA) is 98.8 Å². The van der Waals surface area contributed by atoms with E-state index in [4.69, 9.17) is 0 Å². The van der Waals surface area contributed by atoms with Gasteiger partial charge in [0.25, 0.3) is 5.56 Å². The Balaban J connectivity index is 1.63. The minimum Gasteiger partial charge on any atom is -0.330 e. The van der Waals surface area contributed by atoms with E-state index in [-0.39, 0.29) is 18.0 Å². The summed E-state index contributed by atoms with van der Waals surface area (Å²) in [5.41, 5.74) is 2.15. The minimum absolute atomic E-state index is 0.102. The molecule has 2 aromatic heterocycles. The Kier molecular flexibility index (Phi) is 4.27. The normalized spacial score (nSPS) is 14.2. The molecule has 0 unspecified atom stereocenters. The zero-order chi connectivity index (χ0) is 19.0. The van der Waals surface area contributed by atoms with E-state index in [0.717, 1.165) is 5.56 Å². The van der Waals surface area contributed by atoms with E-state index < -0.39 is 6.04 Å². The molecule has 1 amide bonds. The van der Waals surface area contributed by atoms with Crippen molar-refractivity contribution in [1.82, 2.24) is 34.7 Å². The SMILES string of the molecule is Cc1nc2c(c(=O)n1C)CN(C(=O)[C@H](Cc1ccccc1)n1cnnn1)C2. The highest BCUT2D eigenvalue weighted by atomic mass is 16.2. The van der Waals surface area contributed by atoms with Crippen molar-refractivity contribution in [2.24, 2.45) is 7.05 Å². The first-order valence-corrected chi connectivity index (χ1v) is 8.65. The third-order valence-corrected chi connectivity index (χ3v) is 4.94. The van der Waals surface area contributed by atoms with Crippen LogP contribution in [0, 0.1) is 6.92 Å². The van der Waals surface area contributed by atoms with Gasteiger partial charge in [0, 0.05) is 13.5 Å². The number of nitrogens with zero attached hydrogens (tertiary/aromatic N) is 7. The summed E-state index contributed by atoms with van der Waals surface area (Å²) in [5, 5.41) is 11.3. The molecule has 0 saturated carbocycles. The fourth-order valence-electron chi connectivity index (χ4n) is 3.34. The Morgan fingerprint density at radius 2 is 2.00 bits per heavy atom. The van der Waals surface area contributed by atoms with Crippen molar-refractivity contribution in [3.05, 3.63) is 69.7 Å². The molecule has 3 heterocycles. The van der Waals surface area contributed by atoms with Crippen LogP contribution >= 0.6 is 0 Å². The summed E-state index contributed by atoms with van der Waals surface area (Å²) < 4.78 is 2.98. The Morgan fingerprint density at radius 3 is 2.70 bits per heavy atom. The van der Waals surface area contributed by atoms with Gasteiger partial charge in [-0.3, -0.25) is 14.2 Å². The summed E-state index contributed by atoms with van der Waals surface area (Å²) in [4.78, 5) is 31.9. The molecule has 9 heteroatoms. The van der Waals surface area contributed by atoms with Crippen molar-refractivity contribution in [2.75, 3.05) is 0 Å². The number of tetrazole rings is 1. The third-order valence-electron chi connectivity index (χ3n) is 4.94. The number of hydrogen-bond acceptors (Lipinski definition) is 6. The highest BCUT2D eigenvalue weighted by Crippen LogP contribution is 2.23. The van der Waals surface area contributed by atoms with E-state index in [2.05, 4.69) is 20.5 Å². The lowest BCUT2D eigenvalue weighted by Gasteiger charge is -2.22. The second kappa shape index (κ2) is 6.75. The monoisotopic (exact) mass is 365 g/mol. The van der Waals surface area contributed by atoms with Gasteiger partial charge in [0.05, 0.1) is 24.3 Å². The molecule has 1 atom stereocenters. The second-order valence-corrected chi connectivity index (χ2v) is 6.64. The Morgan fingerprint density at radius 1 is 1.22 bits per heavy atom. The molecule has 138 valence electrons. The molecule has 0 radical (unpaired) electrons. The van der Waals surface area contributed by atoms with Gasteiger partial charge in [0.1, 0.15) is 18.2 Å². The summed E-state index contributed by atoms with van der Waals surface area (Å²) in [6.07, 6.45) is 1.90. The van der Waals surface area contributed by atoms with Crippen LogP contribution in [-0.4, -0.2) is 40.6 Å². The van der Waals surface area contributed by atoms with Crippen LogP contribution in [0.2, 0.25) is 0 Å². The van der Waals surface area contributed by atoms with Crippen LogP contribution in [0.3, 0.4) is 0 Å². The van der Waals surface area contributed by atoms with Gasteiger partial charge in [-0.05, 0) is 22.9 Å². The number of aryl methyl sites for hydroxylation is 1. The van der Waals surface area contributed by atoms with Crippen LogP contribution in [0.1, 0.15) is 28.7 Å². The molecule has 0 aliphatic carbocycles. The number of benzene rings is 1. The lowest BCUT2D eigenvalue weighted by atomic mass is 10.1. The van der Waals surface area contributed by atoms with Crippen molar-refractivity contribution >= 4 is 5.91 Å². The Hall–Kier alpha value is -3.36. The van der Waals surface area contributed by atoms with E-state index in [1.165, 1.54) is 15.6 Å². The largest absolute Gasteiger partial charge is 0.330 e. The number of aromatic nitrogens is 6. The third kappa shape index (κ3) is 3.12. The summed E-state index contributed by atoms with van der Waals surface area (Å²) in [6.45, 7) is 2.35. The number of carbonyl (C=O) groups excluding carboxylic acids is 1. The quantitative estimate of drug-likeness (QED) is 0.664. The Bertz CT molecular complexity index is 1030. The molecule has 0 saturated heterocycles. The molecule has 3 aromatic rings. The van der Waals surface area contributed by atoms with Gasteiger partial charge >= 0.3 is 0 Å². The lowest BCUT2D eigenvalue weighted by molar-refractivity contribution is -0.135. The zero-order valence-corrected chi connectivity index (χ0v) is 15.1. The summed E-state index contributed by atoms with van der Waals surface area (Å²) >= 11 is 0. The zero-order valence-electron chi connectivity index (χ0n) is 15.1. The van der Waals surface area contributed by atoms with Gasteiger partial charge in [-0.25, -0.2) is 9.67 Å². The molecular formula is C18H19N7O2. The molecule has 4 rings (SSSR count). The van der Waals surface area contributed by atoms with Crippen LogP contribution < -0.4 is 5.56 Å². The molecule has 1 aliphatic rings. The van der Waals surface area contributed by atoms with E-state index in [1.807, 2.05) is 30.3 Å². The van der Waals surface area contributed by atoms with Crippen molar-refractivity contribution in [3.63, 3.8) is 0 Å². The fraction of sp³-hybridized carbons (Fsp3) is 0.333. The molecule has 1 aromatic carbocycles. The van der Waals surface area contributed by atoms with Crippen molar-refractivity contribution < 1.29 is 4.79 Å². The highest BCUT2D eigenvalue weighted by molar-refractivity contribution is 5.81. The van der Waals surface area contributed by atoms with E-state index >= 15 is 0 Å². The summed E-state index contributed by atoms with van der Waals surface area (Å²) in [5.74, 6) is 0.498. The molecular weight excluding hydrogens is 346 g/mol. The molecule has 27 heavy (non-hydrogen) atoms. The van der Waals surface area contributed by atoms with Gasteiger partial charge in [-0.1, -0.05) is 30.3 Å². The van der Waals surface area contributed by atoms with E-state index in [9.17, 15) is 9.59 Å². The molecule has 9 nitrogen and oxygen atoms in total. The first-order valence-electron chi connectivity index (χ1n) is 8.65. The molecule has 1 aliphatic heterocycles. The van der Waals surface area contributed by atoms with Crippen molar-refractivity contribution in [1.29, 1.82) is 0 Å². The van der Waals surface area contributed by atoms with Gasteiger partial charge in [-0.2, -0.15) is 0 Å². The van der Waals surface area contributed by atoms with Gasteiger partial charge in [0.2, 0.25) is 5.91 Å². The molecule has 0 bridgehead atoms. The fourth-order valence-corrected chi connectivity index (χ4v) is 3.34. The Labute approximate surface area is 155 Å². The molecule has 0 spiro atoms. The van der Waals surface area contributed by atoms with Gasteiger partial charge in [-0.15, -0.1) is 5.10 Å². The lowest BCUT2D eigenvalue weighted by Crippen LogP contribution is -2.35. The number of carbonyl (C=O) groups is 1. The first kappa shape index (κ1) is 17.1. The summed E-state index contributed by atoms with van der Waals surface area (Å²) in [6, 6.07) is 9.13. The van der Waals surface area contributed by atoms with Crippen LogP contribution in [-0.2, 0) is 31.4 Å². The minimum atomic E-state index is -0.582. The number of hydrogen-bond donors (Lipinski definition) is 0. The average Bonchev–Trinajstić information content (AvgIpc) is 3.34.